The first-order valence-electron chi connectivity index (χ1n) is 6.55. The highest BCUT2D eigenvalue weighted by molar-refractivity contribution is 6.58. The van der Waals surface area contributed by atoms with Gasteiger partial charge in [0.1, 0.15) is 0 Å². The molecule has 0 aliphatic heterocycles. The summed E-state index contributed by atoms with van der Waals surface area (Å²) in [4.78, 5) is 0. The Hall–Kier alpha value is -0.915. The van der Waals surface area contributed by atoms with Gasteiger partial charge >= 0.3 is 7.12 Å². The number of benzene rings is 1. The molecule has 0 aliphatic carbocycles. The molecule has 0 bridgehead atoms. The van der Waals surface area contributed by atoms with Crippen molar-refractivity contribution in [3.05, 3.63) is 29.8 Å². The van der Waals surface area contributed by atoms with Gasteiger partial charge in [-0.15, -0.1) is 0 Å². The molecule has 1 unspecified atom stereocenters. The van der Waals surface area contributed by atoms with Crippen LogP contribution in [0.15, 0.2) is 24.3 Å². The summed E-state index contributed by atoms with van der Waals surface area (Å²) in [6.45, 7) is 4.12. The molecule has 0 aromatic heterocycles. The molecule has 0 aliphatic rings. The molecular formula is C13H22BNO4. The van der Waals surface area contributed by atoms with Crippen molar-refractivity contribution in [3.8, 4) is 0 Å². The van der Waals surface area contributed by atoms with Crippen molar-refractivity contribution in [2.45, 2.75) is 26.0 Å². The van der Waals surface area contributed by atoms with E-state index in [9.17, 15) is 5.11 Å². The molecule has 106 valence electrons. The lowest BCUT2D eigenvalue weighted by Gasteiger charge is -2.12. The van der Waals surface area contributed by atoms with Crippen LogP contribution in [0.3, 0.4) is 0 Å². The van der Waals surface area contributed by atoms with E-state index in [2.05, 4.69) is 5.32 Å². The van der Waals surface area contributed by atoms with Gasteiger partial charge in [-0.25, -0.2) is 0 Å². The van der Waals surface area contributed by atoms with Gasteiger partial charge in [0.05, 0.1) is 12.7 Å². The summed E-state index contributed by atoms with van der Waals surface area (Å²) < 4.78 is 5.24. The minimum Gasteiger partial charge on any atom is -0.423 e. The lowest BCUT2D eigenvalue weighted by molar-refractivity contribution is 0.0372. The first-order valence-corrected chi connectivity index (χ1v) is 6.55. The molecule has 5 nitrogen and oxygen atoms in total. The molecule has 19 heavy (non-hydrogen) atoms. The van der Waals surface area contributed by atoms with Crippen LogP contribution in [-0.4, -0.2) is 48.1 Å². The zero-order valence-electron chi connectivity index (χ0n) is 11.2. The highest BCUT2D eigenvalue weighted by Crippen LogP contribution is 1.97. The lowest BCUT2D eigenvalue weighted by atomic mass is 9.80. The van der Waals surface area contributed by atoms with Crippen molar-refractivity contribution in [2.24, 2.45) is 0 Å². The van der Waals surface area contributed by atoms with E-state index in [-0.39, 0.29) is 0 Å². The predicted molar refractivity (Wildman–Crippen MR) is 75.1 cm³/mol. The standard InChI is InChI=1S/C13H22BNO4/c1-2-7-19-10-13(16)9-15-8-11-3-5-12(6-4-11)14(17)18/h3-6,13,15-18H,2,7-10H2,1H3. The van der Waals surface area contributed by atoms with Crippen molar-refractivity contribution in [3.63, 3.8) is 0 Å². The smallest absolute Gasteiger partial charge is 0.423 e. The van der Waals surface area contributed by atoms with Crippen LogP contribution in [0.5, 0.6) is 0 Å². The number of aliphatic hydroxyl groups is 1. The van der Waals surface area contributed by atoms with E-state index in [1.807, 2.05) is 19.1 Å². The highest BCUT2D eigenvalue weighted by atomic mass is 16.5. The van der Waals surface area contributed by atoms with Crippen LogP contribution >= 0.6 is 0 Å². The van der Waals surface area contributed by atoms with Crippen molar-refractivity contribution < 1.29 is 19.9 Å². The van der Waals surface area contributed by atoms with Gasteiger partial charge in [-0.05, 0) is 17.4 Å². The van der Waals surface area contributed by atoms with Gasteiger partial charge in [0.15, 0.2) is 0 Å². The predicted octanol–water partition coefficient (Wildman–Crippen LogP) is -0.756. The quantitative estimate of drug-likeness (QED) is 0.349. The Kier molecular flexibility index (Phi) is 7.70. The highest BCUT2D eigenvalue weighted by Gasteiger charge is 2.09. The minimum absolute atomic E-state index is 0.344. The van der Waals surface area contributed by atoms with Crippen LogP contribution in [-0.2, 0) is 11.3 Å². The van der Waals surface area contributed by atoms with Crippen LogP contribution in [0, 0.1) is 0 Å². The van der Waals surface area contributed by atoms with E-state index in [4.69, 9.17) is 14.8 Å². The van der Waals surface area contributed by atoms with Crippen LogP contribution in [0.2, 0.25) is 0 Å². The third kappa shape index (κ3) is 6.70. The fourth-order valence-electron chi connectivity index (χ4n) is 1.61. The molecule has 4 N–H and O–H groups in total. The average Bonchev–Trinajstić information content (AvgIpc) is 2.39. The third-order valence-corrected chi connectivity index (χ3v) is 2.65. The molecule has 0 saturated carbocycles. The molecule has 1 aromatic rings. The monoisotopic (exact) mass is 267 g/mol. The van der Waals surface area contributed by atoms with E-state index in [0.29, 0.717) is 31.8 Å². The molecule has 1 rings (SSSR count). The molecule has 0 saturated heterocycles. The lowest BCUT2D eigenvalue weighted by Crippen LogP contribution is -2.31. The van der Waals surface area contributed by atoms with Gasteiger partial charge in [-0.1, -0.05) is 31.2 Å². The SMILES string of the molecule is CCCOCC(O)CNCc1ccc(B(O)O)cc1. The first-order chi connectivity index (χ1) is 9.13. The van der Waals surface area contributed by atoms with E-state index >= 15 is 0 Å². The molecule has 6 heteroatoms. The normalized spacial score (nSPS) is 12.4. The average molecular weight is 267 g/mol. The van der Waals surface area contributed by atoms with Gasteiger partial charge < -0.3 is 25.2 Å². The number of nitrogens with one attached hydrogen (secondary N) is 1. The number of ether oxygens (including phenoxy) is 1. The second-order valence-corrected chi connectivity index (χ2v) is 4.47. The fourth-order valence-corrected chi connectivity index (χ4v) is 1.61. The van der Waals surface area contributed by atoms with Crippen molar-refractivity contribution in [1.82, 2.24) is 5.32 Å². The second kappa shape index (κ2) is 9.06. The number of rotatable bonds is 9. The Bertz CT molecular complexity index is 345. The summed E-state index contributed by atoms with van der Waals surface area (Å²) >= 11 is 0. The van der Waals surface area contributed by atoms with Crippen molar-refractivity contribution in [1.29, 1.82) is 0 Å². The Morgan fingerprint density at radius 3 is 2.53 bits per heavy atom. The van der Waals surface area contributed by atoms with Crippen molar-refractivity contribution >= 4 is 12.6 Å². The number of aliphatic hydroxyl groups excluding tert-OH is 1. The van der Waals surface area contributed by atoms with Crippen molar-refractivity contribution in [2.75, 3.05) is 19.8 Å². The minimum atomic E-state index is -1.43. The maximum atomic E-state index is 9.62. The third-order valence-electron chi connectivity index (χ3n) is 2.65. The fraction of sp³-hybridized carbons (Fsp3) is 0.538. The summed E-state index contributed by atoms with van der Waals surface area (Å²) in [7, 11) is -1.43. The molecule has 0 heterocycles. The Morgan fingerprint density at radius 2 is 1.95 bits per heavy atom. The Balaban J connectivity index is 2.21. The van der Waals surface area contributed by atoms with Gasteiger partial charge in [0, 0.05) is 19.7 Å². The van der Waals surface area contributed by atoms with Gasteiger partial charge in [-0.2, -0.15) is 0 Å². The van der Waals surface area contributed by atoms with E-state index in [1.165, 1.54) is 0 Å². The molecule has 1 atom stereocenters. The topological polar surface area (TPSA) is 82.0 Å². The summed E-state index contributed by atoms with van der Waals surface area (Å²) in [6, 6.07) is 6.98. The van der Waals surface area contributed by atoms with Crippen LogP contribution in [0.25, 0.3) is 0 Å². The Morgan fingerprint density at radius 1 is 1.26 bits per heavy atom. The van der Waals surface area contributed by atoms with Crippen LogP contribution in [0.4, 0.5) is 0 Å². The van der Waals surface area contributed by atoms with E-state index < -0.39 is 13.2 Å². The van der Waals surface area contributed by atoms with Crippen LogP contribution in [0.1, 0.15) is 18.9 Å². The largest absolute Gasteiger partial charge is 0.488 e. The summed E-state index contributed by atoms with van der Waals surface area (Å²) in [5.74, 6) is 0. The first kappa shape index (κ1) is 16.1. The molecule has 0 radical (unpaired) electrons. The maximum absolute atomic E-state index is 9.62. The number of hydrogen-bond donors (Lipinski definition) is 4. The molecule has 0 spiro atoms. The zero-order chi connectivity index (χ0) is 14.1. The second-order valence-electron chi connectivity index (χ2n) is 4.47. The van der Waals surface area contributed by atoms with Gasteiger partial charge in [0.25, 0.3) is 0 Å². The maximum Gasteiger partial charge on any atom is 0.488 e. The molecule has 0 amide bonds. The molecule has 1 aromatic carbocycles. The molecule has 0 fully saturated rings. The van der Waals surface area contributed by atoms with E-state index in [0.717, 1.165) is 12.0 Å². The summed E-state index contributed by atoms with van der Waals surface area (Å²) in [5, 5.41) is 30.7. The number of hydrogen-bond acceptors (Lipinski definition) is 5. The Labute approximate surface area is 114 Å². The molecular weight excluding hydrogens is 245 g/mol. The zero-order valence-corrected chi connectivity index (χ0v) is 11.2. The van der Waals surface area contributed by atoms with Crippen LogP contribution < -0.4 is 10.8 Å². The van der Waals surface area contributed by atoms with Gasteiger partial charge in [-0.3, -0.25) is 0 Å². The van der Waals surface area contributed by atoms with E-state index in [1.54, 1.807) is 12.1 Å². The summed E-state index contributed by atoms with van der Waals surface area (Å²) in [5.41, 5.74) is 1.49. The summed E-state index contributed by atoms with van der Waals surface area (Å²) in [6.07, 6.45) is 0.438. The van der Waals surface area contributed by atoms with Gasteiger partial charge in [0.2, 0.25) is 0 Å².